The minimum atomic E-state index is -4.01. The Morgan fingerprint density at radius 2 is 1.79 bits per heavy atom. The molecule has 2 fully saturated rings. The minimum absolute atomic E-state index is 0.00196. The van der Waals surface area contributed by atoms with Crippen LogP contribution in [0.4, 0.5) is 14.5 Å². The molecule has 212 valence electrons. The summed E-state index contributed by atoms with van der Waals surface area (Å²) in [6, 6.07) is 6.67. The molecule has 0 radical (unpaired) electrons. The first kappa shape index (κ1) is 29.4. The molecule has 2 aromatic carbocycles. The van der Waals surface area contributed by atoms with Crippen LogP contribution < -0.4 is 10.6 Å². The normalized spacial score (nSPS) is 25.2. The van der Waals surface area contributed by atoms with Crippen molar-refractivity contribution in [3.8, 4) is 0 Å². The third kappa shape index (κ3) is 6.11. The van der Waals surface area contributed by atoms with E-state index in [1.54, 1.807) is 6.92 Å². The smallest absolute Gasteiger partial charge is 0.255 e. The lowest BCUT2D eigenvalue weighted by atomic mass is 9.72. The molecule has 2 saturated carbocycles. The Balaban J connectivity index is 1.50. The second-order valence-corrected chi connectivity index (χ2v) is 13.0. The van der Waals surface area contributed by atoms with Crippen LogP contribution in [-0.4, -0.2) is 55.9 Å². The molecule has 39 heavy (non-hydrogen) atoms. The van der Waals surface area contributed by atoms with Crippen LogP contribution in [0.3, 0.4) is 0 Å². The van der Waals surface area contributed by atoms with Crippen LogP contribution in [0.2, 0.25) is 5.02 Å². The van der Waals surface area contributed by atoms with Crippen LogP contribution in [0.25, 0.3) is 0 Å². The standard InChI is InChI=1S/C27H31ClF2N2O6S/c1-15(38-2)14-31-25(33)13-27(35)17-4-5-18(27)11-20(10-17)39(36,37)24-9-16(3-7-21(24)28)26(34)32-19-6-8-22(29)23(30)12-19/h3,6-9,12,15,17-18,20,35H,4-5,10-11,13-14H2,1-2H3,(H,31,33)(H,32,34)/t15-,17+,18?,20+,27+/m1/s1. The van der Waals surface area contributed by atoms with E-state index in [9.17, 15) is 31.9 Å². The Kier molecular flexibility index (Phi) is 8.65. The highest BCUT2D eigenvalue weighted by molar-refractivity contribution is 7.92. The van der Waals surface area contributed by atoms with Gasteiger partial charge < -0.3 is 20.5 Å². The molecular weight excluding hydrogens is 554 g/mol. The molecule has 3 N–H and O–H groups in total. The zero-order valence-corrected chi connectivity index (χ0v) is 23.1. The van der Waals surface area contributed by atoms with Gasteiger partial charge in [0.2, 0.25) is 5.91 Å². The summed E-state index contributed by atoms with van der Waals surface area (Å²) in [6.45, 7) is 2.11. The average molecular weight is 585 g/mol. The van der Waals surface area contributed by atoms with Crippen LogP contribution in [0.5, 0.6) is 0 Å². The number of hydrogen-bond acceptors (Lipinski definition) is 6. The van der Waals surface area contributed by atoms with Gasteiger partial charge in [0.05, 0.1) is 33.3 Å². The lowest BCUT2D eigenvalue weighted by Gasteiger charge is -2.42. The summed E-state index contributed by atoms with van der Waals surface area (Å²) in [5.41, 5.74) is -1.33. The van der Waals surface area contributed by atoms with Gasteiger partial charge in [-0.15, -0.1) is 0 Å². The quantitative estimate of drug-likeness (QED) is 0.408. The van der Waals surface area contributed by atoms with Gasteiger partial charge in [0, 0.05) is 31.0 Å². The first-order chi connectivity index (χ1) is 18.3. The molecule has 2 aromatic rings. The number of aliphatic hydroxyl groups is 1. The molecule has 2 aliphatic rings. The van der Waals surface area contributed by atoms with Gasteiger partial charge in [-0.05, 0) is 74.8 Å². The van der Waals surface area contributed by atoms with Gasteiger partial charge in [-0.25, -0.2) is 17.2 Å². The van der Waals surface area contributed by atoms with Gasteiger partial charge in [0.25, 0.3) is 5.91 Å². The largest absolute Gasteiger partial charge is 0.389 e. The molecule has 4 rings (SSSR count). The molecule has 8 nitrogen and oxygen atoms in total. The third-order valence-corrected chi connectivity index (χ3v) is 10.6. The molecular formula is C27H31ClF2N2O6S. The number of nitrogens with one attached hydrogen (secondary N) is 2. The highest BCUT2D eigenvalue weighted by Gasteiger charge is 2.56. The molecule has 0 saturated heterocycles. The van der Waals surface area contributed by atoms with E-state index < -0.39 is 38.2 Å². The number of carbonyl (C=O) groups is 2. The van der Waals surface area contributed by atoms with E-state index in [0.29, 0.717) is 19.4 Å². The second kappa shape index (κ2) is 11.5. The van der Waals surface area contributed by atoms with Crippen molar-refractivity contribution in [1.82, 2.24) is 5.32 Å². The highest BCUT2D eigenvalue weighted by Crippen LogP contribution is 2.53. The number of carbonyl (C=O) groups excluding carboxylic acids is 2. The number of methoxy groups -OCH3 is 1. The van der Waals surface area contributed by atoms with Crippen molar-refractivity contribution in [2.45, 2.75) is 60.9 Å². The number of amides is 2. The maximum Gasteiger partial charge on any atom is 0.255 e. The number of rotatable bonds is 9. The lowest BCUT2D eigenvalue weighted by Crippen LogP contribution is -2.51. The minimum Gasteiger partial charge on any atom is -0.389 e. The first-order valence-corrected chi connectivity index (χ1v) is 14.6. The van der Waals surface area contributed by atoms with Crippen molar-refractivity contribution in [2.75, 3.05) is 19.0 Å². The summed E-state index contributed by atoms with van der Waals surface area (Å²) < 4.78 is 59.3. The van der Waals surface area contributed by atoms with E-state index in [1.807, 2.05) is 0 Å². The summed E-state index contributed by atoms with van der Waals surface area (Å²) in [6.07, 6.45) is 1.20. The Bertz CT molecular complexity index is 1360. The van der Waals surface area contributed by atoms with Crippen LogP contribution >= 0.6 is 11.6 Å². The average Bonchev–Trinajstić information content (AvgIpc) is 3.05. The summed E-state index contributed by atoms with van der Waals surface area (Å²) in [7, 11) is -2.48. The maximum atomic E-state index is 13.7. The summed E-state index contributed by atoms with van der Waals surface area (Å²) in [4.78, 5) is 25.1. The predicted molar refractivity (Wildman–Crippen MR) is 141 cm³/mol. The first-order valence-electron chi connectivity index (χ1n) is 12.7. The molecule has 1 unspecified atom stereocenters. The molecule has 0 aromatic heterocycles. The Labute approximate surface area is 231 Å². The van der Waals surface area contributed by atoms with Crippen LogP contribution in [0.1, 0.15) is 49.4 Å². The fraction of sp³-hybridized carbons (Fsp3) is 0.481. The van der Waals surface area contributed by atoms with Crippen LogP contribution in [0, 0.1) is 23.5 Å². The third-order valence-electron chi connectivity index (χ3n) is 7.92. The van der Waals surface area contributed by atoms with Crippen molar-refractivity contribution in [1.29, 1.82) is 0 Å². The molecule has 0 aliphatic heterocycles. The predicted octanol–water partition coefficient (Wildman–Crippen LogP) is 4.11. The number of ether oxygens (including phenoxy) is 1. The Morgan fingerprint density at radius 1 is 1.13 bits per heavy atom. The highest BCUT2D eigenvalue weighted by atomic mass is 35.5. The number of sulfone groups is 1. The monoisotopic (exact) mass is 584 g/mol. The number of fused-ring (bicyclic) bond motifs is 2. The van der Waals surface area contributed by atoms with E-state index >= 15 is 0 Å². The topological polar surface area (TPSA) is 122 Å². The molecule has 12 heteroatoms. The molecule has 0 heterocycles. The maximum absolute atomic E-state index is 13.7. The molecule has 2 aliphatic carbocycles. The second-order valence-electron chi connectivity index (χ2n) is 10.4. The van der Waals surface area contributed by atoms with Gasteiger partial charge in [-0.2, -0.15) is 0 Å². The number of benzene rings is 2. The van der Waals surface area contributed by atoms with Gasteiger partial charge in [0.15, 0.2) is 21.5 Å². The van der Waals surface area contributed by atoms with E-state index in [4.69, 9.17) is 16.3 Å². The molecule has 0 spiro atoms. The Hall–Kier alpha value is -2.60. The van der Waals surface area contributed by atoms with Gasteiger partial charge in [0.1, 0.15) is 0 Å². The fourth-order valence-electron chi connectivity index (χ4n) is 5.63. The lowest BCUT2D eigenvalue weighted by molar-refractivity contribution is -0.133. The van der Waals surface area contributed by atoms with Crippen LogP contribution in [-0.2, 0) is 19.4 Å². The van der Waals surface area contributed by atoms with Gasteiger partial charge in [-0.3, -0.25) is 9.59 Å². The van der Waals surface area contributed by atoms with Crippen molar-refractivity contribution < 1.29 is 36.6 Å². The number of halogens is 3. The summed E-state index contributed by atoms with van der Waals surface area (Å²) in [5, 5.41) is 15.7. The fourth-order valence-corrected chi connectivity index (χ4v) is 8.03. The van der Waals surface area contributed by atoms with E-state index in [1.165, 1.54) is 31.4 Å². The zero-order valence-electron chi connectivity index (χ0n) is 21.5. The molecule has 2 amide bonds. The van der Waals surface area contributed by atoms with Crippen molar-refractivity contribution in [3.05, 3.63) is 58.6 Å². The molecule has 2 bridgehead atoms. The Morgan fingerprint density at radius 3 is 2.41 bits per heavy atom. The van der Waals surface area contributed by atoms with Gasteiger partial charge in [-0.1, -0.05) is 11.6 Å². The van der Waals surface area contributed by atoms with Gasteiger partial charge >= 0.3 is 0 Å². The van der Waals surface area contributed by atoms with Crippen molar-refractivity contribution in [3.63, 3.8) is 0 Å². The van der Waals surface area contributed by atoms with E-state index in [-0.39, 0.29) is 64.3 Å². The molecule has 5 atom stereocenters. The van der Waals surface area contributed by atoms with E-state index in [2.05, 4.69) is 10.6 Å². The number of anilines is 1. The van der Waals surface area contributed by atoms with Crippen molar-refractivity contribution >= 4 is 38.9 Å². The van der Waals surface area contributed by atoms with Crippen LogP contribution in [0.15, 0.2) is 41.3 Å². The van der Waals surface area contributed by atoms with Crippen molar-refractivity contribution in [2.24, 2.45) is 11.8 Å². The number of hydrogen-bond donors (Lipinski definition) is 3. The SMILES string of the molecule is CO[C@H](C)CNC(=O)C[C@@]1(O)C2CC[C@H]1C[C@H](S(=O)(=O)c1cc(C(=O)Nc3ccc(F)c(F)c3)ccc1Cl)C2. The zero-order chi connectivity index (χ0) is 28.5. The summed E-state index contributed by atoms with van der Waals surface area (Å²) >= 11 is 6.27. The summed E-state index contributed by atoms with van der Waals surface area (Å²) in [5.74, 6) is -4.02. The van der Waals surface area contributed by atoms with E-state index in [0.717, 1.165) is 12.1 Å².